The van der Waals surface area contributed by atoms with Crippen molar-refractivity contribution in [3.05, 3.63) is 70.7 Å². The minimum Gasteiger partial charge on any atom is -0.484 e. The highest BCUT2D eigenvalue weighted by molar-refractivity contribution is 6.34. The molecule has 24 heavy (non-hydrogen) atoms. The lowest BCUT2D eigenvalue weighted by Crippen LogP contribution is -2.21. The number of carbonyl (C=O) groups is 1. The molecule has 0 bridgehead atoms. The van der Waals surface area contributed by atoms with Crippen molar-refractivity contribution >= 4 is 34.0 Å². The van der Waals surface area contributed by atoms with Gasteiger partial charge in [-0.2, -0.15) is 0 Å². The van der Waals surface area contributed by atoms with Crippen LogP contribution in [0.25, 0.3) is 10.8 Å². The largest absolute Gasteiger partial charge is 0.484 e. The third-order valence-corrected chi connectivity index (χ3v) is 4.09. The molecule has 0 saturated carbocycles. The van der Waals surface area contributed by atoms with Gasteiger partial charge in [0.15, 0.2) is 6.61 Å². The Morgan fingerprint density at radius 1 is 1.04 bits per heavy atom. The molecule has 1 amide bonds. The smallest absolute Gasteiger partial charge is 0.262 e. The number of fused-ring (bicyclic) bond motifs is 1. The Morgan fingerprint density at radius 2 is 1.79 bits per heavy atom. The van der Waals surface area contributed by atoms with Gasteiger partial charge in [-0.3, -0.25) is 4.79 Å². The summed E-state index contributed by atoms with van der Waals surface area (Å²) >= 11 is 6.21. The fraction of sp³-hybridized carbons (Fsp3) is 0.150. The molecule has 0 aliphatic heterocycles. The molecule has 3 nitrogen and oxygen atoms in total. The molecule has 0 spiro atoms. The topological polar surface area (TPSA) is 38.3 Å². The predicted octanol–water partition coefficient (Wildman–Crippen LogP) is 5.13. The second kappa shape index (κ2) is 6.93. The second-order valence-corrected chi connectivity index (χ2v) is 6.19. The lowest BCUT2D eigenvalue weighted by atomic mass is 10.1. The maximum absolute atomic E-state index is 12.1. The van der Waals surface area contributed by atoms with E-state index >= 15 is 0 Å². The number of nitrogens with one attached hydrogen (secondary N) is 1. The quantitative estimate of drug-likeness (QED) is 0.715. The fourth-order valence-corrected chi connectivity index (χ4v) is 3.02. The van der Waals surface area contributed by atoms with Crippen molar-refractivity contribution in [2.75, 3.05) is 11.9 Å². The van der Waals surface area contributed by atoms with E-state index in [1.807, 2.05) is 68.4 Å². The molecular weight excluding hydrogens is 322 g/mol. The highest BCUT2D eigenvalue weighted by Gasteiger charge is 2.10. The van der Waals surface area contributed by atoms with E-state index in [1.165, 1.54) is 0 Å². The summed E-state index contributed by atoms with van der Waals surface area (Å²) in [6.45, 7) is 3.81. The van der Waals surface area contributed by atoms with E-state index in [0.717, 1.165) is 21.9 Å². The first kappa shape index (κ1) is 16.3. The lowest BCUT2D eigenvalue weighted by Gasteiger charge is -2.12. The molecule has 1 N–H and O–H groups in total. The van der Waals surface area contributed by atoms with Crippen molar-refractivity contribution < 1.29 is 9.53 Å². The van der Waals surface area contributed by atoms with Crippen molar-refractivity contribution in [2.45, 2.75) is 13.8 Å². The van der Waals surface area contributed by atoms with E-state index in [-0.39, 0.29) is 12.5 Å². The summed E-state index contributed by atoms with van der Waals surface area (Å²) in [7, 11) is 0. The number of ether oxygens (including phenoxy) is 1. The zero-order chi connectivity index (χ0) is 17.1. The van der Waals surface area contributed by atoms with Crippen molar-refractivity contribution in [3.63, 3.8) is 0 Å². The molecule has 0 fully saturated rings. The summed E-state index contributed by atoms with van der Waals surface area (Å²) in [5, 5.41) is 5.56. The number of aryl methyl sites for hydroxylation is 2. The number of amides is 1. The van der Waals surface area contributed by atoms with Crippen LogP contribution in [0.5, 0.6) is 5.75 Å². The molecule has 3 rings (SSSR count). The molecule has 0 aliphatic rings. The van der Waals surface area contributed by atoms with E-state index in [1.54, 1.807) is 0 Å². The SMILES string of the molecule is Cc1cc(C)c(NC(=O)COc2ccc3ccccc3c2)c(Cl)c1. The summed E-state index contributed by atoms with van der Waals surface area (Å²) in [4.78, 5) is 12.1. The molecular formula is C20H18ClNO2. The van der Waals surface area contributed by atoms with Crippen molar-refractivity contribution in [2.24, 2.45) is 0 Å². The number of rotatable bonds is 4. The minimum absolute atomic E-state index is 0.0675. The van der Waals surface area contributed by atoms with E-state index in [4.69, 9.17) is 16.3 Å². The van der Waals surface area contributed by atoms with Gasteiger partial charge in [-0.15, -0.1) is 0 Å². The summed E-state index contributed by atoms with van der Waals surface area (Å²) in [6, 6.07) is 17.6. The van der Waals surface area contributed by atoms with Crippen LogP contribution < -0.4 is 10.1 Å². The fourth-order valence-electron chi connectivity index (χ4n) is 2.66. The molecule has 0 heterocycles. The Morgan fingerprint density at radius 3 is 2.54 bits per heavy atom. The Hall–Kier alpha value is -2.52. The monoisotopic (exact) mass is 339 g/mol. The first-order chi connectivity index (χ1) is 11.5. The summed E-state index contributed by atoms with van der Waals surface area (Å²) in [5.74, 6) is 0.424. The molecule has 0 saturated heterocycles. The molecule has 0 aromatic heterocycles. The summed E-state index contributed by atoms with van der Waals surface area (Å²) in [6.07, 6.45) is 0. The summed E-state index contributed by atoms with van der Waals surface area (Å²) < 4.78 is 5.60. The van der Waals surface area contributed by atoms with Gasteiger partial charge in [-0.05, 0) is 53.9 Å². The van der Waals surface area contributed by atoms with Crippen LogP contribution in [0.1, 0.15) is 11.1 Å². The lowest BCUT2D eigenvalue weighted by molar-refractivity contribution is -0.118. The number of carbonyl (C=O) groups excluding carboxylic acids is 1. The Balaban J connectivity index is 1.67. The number of hydrogen-bond donors (Lipinski definition) is 1. The van der Waals surface area contributed by atoms with E-state index in [2.05, 4.69) is 5.32 Å². The van der Waals surface area contributed by atoms with Crippen molar-refractivity contribution in [3.8, 4) is 5.75 Å². The Kier molecular flexibility index (Phi) is 4.72. The number of hydrogen-bond acceptors (Lipinski definition) is 2. The zero-order valence-electron chi connectivity index (χ0n) is 13.6. The molecule has 3 aromatic rings. The van der Waals surface area contributed by atoms with Gasteiger partial charge in [0.05, 0.1) is 10.7 Å². The first-order valence-corrected chi connectivity index (χ1v) is 8.09. The van der Waals surface area contributed by atoms with Crippen LogP contribution in [0, 0.1) is 13.8 Å². The van der Waals surface area contributed by atoms with E-state index in [9.17, 15) is 4.79 Å². The van der Waals surface area contributed by atoms with Crippen LogP contribution in [0.2, 0.25) is 5.02 Å². The third-order valence-electron chi connectivity index (χ3n) is 3.79. The van der Waals surface area contributed by atoms with Gasteiger partial charge < -0.3 is 10.1 Å². The van der Waals surface area contributed by atoms with Crippen molar-refractivity contribution in [1.82, 2.24) is 0 Å². The standard InChI is InChI=1S/C20H18ClNO2/c1-13-9-14(2)20(18(21)10-13)22-19(23)12-24-17-8-7-15-5-3-4-6-16(15)11-17/h3-11H,12H2,1-2H3,(H,22,23). The number of halogens is 1. The van der Waals surface area contributed by atoms with Gasteiger partial charge in [0, 0.05) is 0 Å². The van der Waals surface area contributed by atoms with Crippen LogP contribution in [-0.4, -0.2) is 12.5 Å². The average molecular weight is 340 g/mol. The molecule has 0 aliphatic carbocycles. The van der Waals surface area contributed by atoms with Gasteiger partial charge in [0.2, 0.25) is 0 Å². The number of anilines is 1. The Bertz CT molecular complexity index is 882. The van der Waals surface area contributed by atoms with Gasteiger partial charge in [0.1, 0.15) is 5.75 Å². The number of benzene rings is 3. The normalized spacial score (nSPS) is 10.6. The third kappa shape index (κ3) is 3.69. The molecule has 122 valence electrons. The maximum Gasteiger partial charge on any atom is 0.262 e. The second-order valence-electron chi connectivity index (χ2n) is 5.78. The van der Waals surface area contributed by atoms with Crippen LogP contribution >= 0.6 is 11.6 Å². The molecule has 0 atom stereocenters. The van der Waals surface area contributed by atoms with Crippen LogP contribution in [0.3, 0.4) is 0 Å². The van der Waals surface area contributed by atoms with E-state index < -0.39 is 0 Å². The Labute approximate surface area is 146 Å². The molecule has 4 heteroatoms. The molecule has 0 radical (unpaired) electrons. The van der Waals surface area contributed by atoms with Gasteiger partial charge in [0.25, 0.3) is 5.91 Å². The maximum atomic E-state index is 12.1. The highest BCUT2D eigenvalue weighted by Crippen LogP contribution is 2.27. The molecule has 0 unspecified atom stereocenters. The first-order valence-electron chi connectivity index (χ1n) is 7.71. The van der Waals surface area contributed by atoms with Crippen LogP contribution in [-0.2, 0) is 4.79 Å². The van der Waals surface area contributed by atoms with Crippen LogP contribution in [0.15, 0.2) is 54.6 Å². The average Bonchev–Trinajstić information content (AvgIpc) is 2.56. The summed E-state index contributed by atoms with van der Waals surface area (Å²) in [5.41, 5.74) is 2.62. The van der Waals surface area contributed by atoms with Gasteiger partial charge >= 0.3 is 0 Å². The van der Waals surface area contributed by atoms with E-state index in [0.29, 0.717) is 16.5 Å². The predicted molar refractivity (Wildman–Crippen MR) is 99.0 cm³/mol. The van der Waals surface area contributed by atoms with Crippen LogP contribution in [0.4, 0.5) is 5.69 Å². The van der Waals surface area contributed by atoms with Gasteiger partial charge in [-0.1, -0.05) is 48.0 Å². The zero-order valence-corrected chi connectivity index (χ0v) is 14.4. The van der Waals surface area contributed by atoms with Gasteiger partial charge in [-0.25, -0.2) is 0 Å². The van der Waals surface area contributed by atoms with Crippen molar-refractivity contribution in [1.29, 1.82) is 0 Å². The molecule has 3 aromatic carbocycles. The minimum atomic E-state index is -0.239. The highest BCUT2D eigenvalue weighted by atomic mass is 35.5.